The molecule has 0 aliphatic carbocycles. The number of amides is 1. The van der Waals surface area contributed by atoms with Crippen molar-refractivity contribution in [1.29, 1.82) is 0 Å². The van der Waals surface area contributed by atoms with E-state index in [1.165, 1.54) is 0 Å². The van der Waals surface area contributed by atoms with Crippen molar-refractivity contribution < 1.29 is 9.53 Å². The van der Waals surface area contributed by atoms with Gasteiger partial charge in [0.25, 0.3) is 0 Å². The van der Waals surface area contributed by atoms with E-state index in [-0.39, 0.29) is 6.09 Å². The fourth-order valence-corrected chi connectivity index (χ4v) is 2.12. The maximum atomic E-state index is 12.1. The van der Waals surface area contributed by atoms with Gasteiger partial charge in [0, 0.05) is 38.9 Å². The predicted molar refractivity (Wildman–Crippen MR) is 87.7 cm³/mol. The third-order valence-corrected chi connectivity index (χ3v) is 3.11. The molecule has 1 amide bonds. The molecule has 1 N–H and O–H groups in total. The molecule has 126 valence electrons. The van der Waals surface area contributed by atoms with E-state index in [0.717, 1.165) is 31.7 Å². The highest BCUT2D eigenvalue weighted by molar-refractivity contribution is 5.68. The molecule has 1 aromatic heterocycles. The molecule has 0 atom stereocenters. The molecule has 1 aromatic rings. The van der Waals surface area contributed by atoms with Crippen LogP contribution in [0.1, 0.15) is 46.7 Å². The summed E-state index contributed by atoms with van der Waals surface area (Å²) in [6.45, 7) is 13.5. The van der Waals surface area contributed by atoms with Crippen LogP contribution in [0.3, 0.4) is 0 Å². The second-order valence-electron chi connectivity index (χ2n) is 6.28. The molecule has 0 unspecified atom stereocenters. The van der Waals surface area contributed by atoms with Crippen LogP contribution in [0.5, 0.6) is 0 Å². The van der Waals surface area contributed by atoms with Crippen molar-refractivity contribution in [2.24, 2.45) is 0 Å². The van der Waals surface area contributed by atoms with Crippen LogP contribution in [0.4, 0.5) is 4.79 Å². The van der Waals surface area contributed by atoms with Gasteiger partial charge in [-0.15, -0.1) is 0 Å². The smallest absolute Gasteiger partial charge is 0.410 e. The minimum Gasteiger partial charge on any atom is -0.444 e. The molecule has 22 heavy (non-hydrogen) atoms. The molecule has 0 aromatic carbocycles. The standard InChI is InChI=1S/C16H30N4O2/c1-6-11-19(15(21)22-16(3,4)5)12-10-17-13-14-8-9-18-20(14)7-2/h8-9,17H,6-7,10-13H2,1-5H3. The van der Waals surface area contributed by atoms with E-state index in [0.29, 0.717) is 13.1 Å². The molecular formula is C16H30N4O2. The minimum atomic E-state index is -0.454. The number of aromatic nitrogens is 2. The van der Waals surface area contributed by atoms with E-state index < -0.39 is 5.60 Å². The van der Waals surface area contributed by atoms with Gasteiger partial charge in [-0.3, -0.25) is 4.68 Å². The molecule has 1 heterocycles. The first kappa shape index (κ1) is 18.5. The third kappa shape index (κ3) is 6.47. The Bertz CT molecular complexity index is 451. The lowest BCUT2D eigenvalue weighted by Gasteiger charge is -2.27. The number of nitrogens with one attached hydrogen (secondary N) is 1. The fourth-order valence-electron chi connectivity index (χ4n) is 2.12. The number of nitrogens with zero attached hydrogens (tertiary/aromatic N) is 3. The van der Waals surface area contributed by atoms with Gasteiger partial charge in [0.1, 0.15) is 5.60 Å². The molecule has 0 bridgehead atoms. The van der Waals surface area contributed by atoms with Crippen molar-refractivity contribution in [1.82, 2.24) is 20.0 Å². The Hall–Kier alpha value is -1.56. The molecule has 0 saturated carbocycles. The number of aryl methyl sites for hydroxylation is 1. The zero-order chi connectivity index (χ0) is 16.6. The van der Waals surface area contributed by atoms with Crippen molar-refractivity contribution in [3.05, 3.63) is 18.0 Å². The number of carbonyl (C=O) groups is 1. The van der Waals surface area contributed by atoms with Gasteiger partial charge >= 0.3 is 6.09 Å². The van der Waals surface area contributed by atoms with Gasteiger partial charge in [-0.2, -0.15) is 5.10 Å². The van der Waals surface area contributed by atoms with Crippen LogP contribution >= 0.6 is 0 Å². The number of ether oxygens (including phenoxy) is 1. The molecule has 0 fully saturated rings. The summed E-state index contributed by atoms with van der Waals surface area (Å²) >= 11 is 0. The highest BCUT2D eigenvalue weighted by atomic mass is 16.6. The van der Waals surface area contributed by atoms with Crippen LogP contribution in [0.25, 0.3) is 0 Å². The first-order valence-electron chi connectivity index (χ1n) is 8.06. The second-order valence-corrected chi connectivity index (χ2v) is 6.28. The number of rotatable bonds is 8. The van der Waals surface area contributed by atoms with E-state index >= 15 is 0 Å². The molecule has 0 aliphatic heterocycles. The van der Waals surface area contributed by atoms with Gasteiger partial charge < -0.3 is 15.0 Å². The molecular weight excluding hydrogens is 280 g/mol. The van der Waals surface area contributed by atoms with E-state index in [1.54, 1.807) is 4.90 Å². The van der Waals surface area contributed by atoms with Crippen LogP contribution in [0.2, 0.25) is 0 Å². The number of carbonyl (C=O) groups excluding carboxylic acids is 1. The van der Waals surface area contributed by atoms with E-state index in [9.17, 15) is 4.79 Å². The average Bonchev–Trinajstić information content (AvgIpc) is 2.87. The summed E-state index contributed by atoms with van der Waals surface area (Å²) in [5, 5.41) is 7.60. The first-order valence-corrected chi connectivity index (χ1v) is 8.06. The summed E-state index contributed by atoms with van der Waals surface area (Å²) in [7, 11) is 0. The van der Waals surface area contributed by atoms with Crippen molar-refractivity contribution >= 4 is 6.09 Å². The van der Waals surface area contributed by atoms with Gasteiger partial charge in [0.15, 0.2) is 0 Å². The largest absolute Gasteiger partial charge is 0.444 e. The van der Waals surface area contributed by atoms with Gasteiger partial charge in [-0.05, 0) is 40.2 Å². The lowest BCUT2D eigenvalue weighted by atomic mass is 10.2. The average molecular weight is 310 g/mol. The molecule has 0 radical (unpaired) electrons. The number of hydrogen-bond donors (Lipinski definition) is 1. The molecule has 6 nitrogen and oxygen atoms in total. The summed E-state index contributed by atoms with van der Waals surface area (Å²) in [4.78, 5) is 13.9. The van der Waals surface area contributed by atoms with Gasteiger partial charge in [-0.1, -0.05) is 6.92 Å². The molecule has 1 rings (SSSR count). The number of hydrogen-bond acceptors (Lipinski definition) is 4. The van der Waals surface area contributed by atoms with Crippen molar-refractivity contribution in [3.63, 3.8) is 0 Å². The highest BCUT2D eigenvalue weighted by Crippen LogP contribution is 2.10. The lowest BCUT2D eigenvalue weighted by molar-refractivity contribution is 0.0252. The van der Waals surface area contributed by atoms with E-state index in [4.69, 9.17) is 4.74 Å². The summed E-state index contributed by atoms with van der Waals surface area (Å²) in [5.41, 5.74) is 0.700. The monoisotopic (exact) mass is 310 g/mol. The zero-order valence-corrected chi connectivity index (χ0v) is 14.6. The van der Waals surface area contributed by atoms with Gasteiger partial charge in [-0.25, -0.2) is 4.79 Å². The molecule has 0 aliphatic rings. The fraction of sp³-hybridized carbons (Fsp3) is 0.750. The Morgan fingerprint density at radius 2 is 2.09 bits per heavy atom. The van der Waals surface area contributed by atoms with Crippen LogP contribution in [-0.2, 0) is 17.8 Å². The minimum absolute atomic E-state index is 0.241. The van der Waals surface area contributed by atoms with Crippen molar-refractivity contribution in [2.75, 3.05) is 19.6 Å². The van der Waals surface area contributed by atoms with Gasteiger partial charge in [0.05, 0.1) is 5.69 Å². The normalized spacial score (nSPS) is 11.5. The molecule has 0 spiro atoms. The molecule has 0 saturated heterocycles. The van der Waals surface area contributed by atoms with E-state index in [2.05, 4.69) is 24.3 Å². The van der Waals surface area contributed by atoms with Crippen LogP contribution in [-0.4, -0.2) is 46.0 Å². The maximum Gasteiger partial charge on any atom is 0.410 e. The second kappa shape index (κ2) is 8.78. The Morgan fingerprint density at radius 1 is 1.36 bits per heavy atom. The summed E-state index contributed by atoms with van der Waals surface area (Å²) < 4.78 is 7.40. The predicted octanol–water partition coefficient (Wildman–Crippen LogP) is 2.64. The summed E-state index contributed by atoms with van der Waals surface area (Å²) in [6.07, 6.45) is 2.49. The van der Waals surface area contributed by atoms with E-state index in [1.807, 2.05) is 37.7 Å². The molecule has 6 heteroatoms. The summed E-state index contributed by atoms with van der Waals surface area (Å²) in [6, 6.07) is 2.01. The van der Waals surface area contributed by atoms with Crippen LogP contribution < -0.4 is 5.32 Å². The Kier molecular flexibility index (Phi) is 7.38. The Balaban J connectivity index is 2.39. The first-order chi connectivity index (χ1) is 10.4. The zero-order valence-electron chi connectivity index (χ0n) is 14.6. The Labute approximate surface area is 133 Å². The van der Waals surface area contributed by atoms with Crippen molar-refractivity contribution in [2.45, 2.75) is 59.7 Å². The van der Waals surface area contributed by atoms with Crippen molar-refractivity contribution in [3.8, 4) is 0 Å². The topological polar surface area (TPSA) is 59.4 Å². The maximum absolute atomic E-state index is 12.1. The SMILES string of the molecule is CCCN(CCNCc1ccnn1CC)C(=O)OC(C)(C)C. The highest BCUT2D eigenvalue weighted by Gasteiger charge is 2.21. The van der Waals surface area contributed by atoms with Crippen LogP contribution in [0, 0.1) is 0 Å². The summed E-state index contributed by atoms with van der Waals surface area (Å²) in [5.74, 6) is 0. The quantitative estimate of drug-likeness (QED) is 0.750. The van der Waals surface area contributed by atoms with Gasteiger partial charge in [0.2, 0.25) is 0 Å². The lowest BCUT2D eigenvalue weighted by Crippen LogP contribution is -2.40. The van der Waals surface area contributed by atoms with Crippen LogP contribution in [0.15, 0.2) is 12.3 Å². The third-order valence-electron chi connectivity index (χ3n) is 3.11. The Morgan fingerprint density at radius 3 is 2.68 bits per heavy atom.